The predicted molar refractivity (Wildman–Crippen MR) is 154 cm³/mol. The minimum atomic E-state index is -0.643. The number of nitrogens with one attached hydrogen (secondary N) is 2. The van der Waals surface area contributed by atoms with Crippen molar-refractivity contribution in [3.8, 4) is 0 Å². The summed E-state index contributed by atoms with van der Waals surface area (Å²) < 4.78 is 13.0. The van der Waals surface area contributed by atoms with E-state index in [0.29, 0.717) is 23.1 Å². The van der Waals surface area contributed by atoms with Crippen molar-refractivity contribution >= 4 is 23.5 Å². The van der Waals surface area contributed by atoms with Gasteiger partial charge in [-0.05, 0) is 34.9 Å². The van der Waals surface area contributed by atoms with Crippen LogP contribution < -0.4 is 10.6 Å². The highest BCUT2D eigenvalue weighted by Gasteiger charge is 2.38. The molecule has 1 aliphatic rings. The molecule has 4 aromatic rings. The predicted octanol–water partition coefficient (Wildman–Crippen LogP) is 5.87. The van der Waals surface area contributed by atoms with Gasteiger partial charge in [0.1, 0.15) is 0 Å². The van der Waals surface area contributed by atoms with Gasteiger partial charge in [0.05, 0.1) is 18.8 Å². The SMILES string of the molecule is C[C@@H]1[C@H](CSc2ncccn2)O[C@H](c2cccc(NC(=O)NCc3ccccc3)c2)O[C@@H]1c1ccc(CO)cc1. The molecule has 0 aliphatic carbocycles. The van der Waals surface area contributed by atoms with Gasteiger partial charge in [-0.15, -0.1) is 0 Å². The molecular weight excluding hydrogens is 524 g/mol. The number of hydrogen-bond donors (Lipinski definition) is 3. The summed E-state index contributed by atoms with van der Waals surface area (Å²) in [6, 6.07) is 26.6. The molecule has 2 heterocycles. The summed E-state index contributed by atoms with van der Waals surface area (Å²) in [5, 5.41) is 16.0. The number of ether oxygens (including phenoxy) is 2. The largest absolute Gasteiger partial charge is 0.392 e. The summed E-state index contributed by atoms with van der Waals surface area (Å²) >= 11 is 1.55. The Morgan fingerprint density at radius 1 is 0.900 bits per heavy atom. The number of aliphatic hydroxyl groups excluding tert-OH is 1. The first-order valence-electron chi connectivity index (χ1n) is 13.2. The molecule has 1 aliphatic heterocycles. The lowest BCUT2D eigenvalue weighted by atomic mass is 9.91. The average Bonchev–Trinajstić information content (AvgIpc) is 3.01. The number of aromatic nitrogens is 2. The lowest BCUT2D eigenvalue weighted by molar-refractivity contribution is -0.268. The fourth-order valence-corrected chi connectivity index (χ4v) is 5.51. The summed E-state index contributed by atoms with van der Waals surface area (Å²) in [6.07, 6.45) is 2.43. The van der Waals surface area contributed by atoms with E-state index in [1.165, 1.54) is 0 Å². The first kappa shape index (κ1) is 27.8. The van der Waals surface area contributed by atoms with E-state index in [-0.39, 0.29) is 30.8 Å². The molecule has 0 saturated carbocycles. The van der Waals surface area contributed by atoms with Crippen LogP contribution in [0.15, 0.2) is 102 Å². The summed E-state index contributed by atoms with van der Waals surface area (Å²) in [7, 11) is 0. The maximum absolute atomic E-state index is 12.6. The lowest BCUT2D eigenvalue weighted by Crippen LogP contribution is -2.38. The van der Waals surface area contributed by atoms with Crippen LogP contribution in [-0.2, 0) is 22.6 Å². The first-order chi connectivity index (χ1) is 19.6. The monoisotopic (exact) mass is 556 g/mol. The topological polar surface area (TPSA) is 106 Å². The minimum Gasteiger partial charge on any atom is -0.392 e. The van der Waals surface area contributed by atoms with Crippen LogP contribution in [0, 0.1) is 5.92 Å². The molecule has 40 heavy (non-hydrogen) atoms. The Labute approximate surface area is 238 Å². The van der Waals surface area contributed by atoms with Gasteiger partial charge in [-0.1, -0.05) is 85.4 Å². The molecule has 0 unspecified atom stereocenters. The van der Waals surface area contributed by atoms with E-state index in [1.807, 2.05) is 78.9 Å². The third-order valence-electron chi connectivity index (χ3n) is 6.75. The van der Waals surface area contributed by atoms with Crippen molar-refractivity contribution in [1.82, 2.24) is 15.3 Å². The second-order valence-electron chi connectivity index (χ2n) is 9.58. The molecule has 3 aromatic carbocycles. The molecule has 5 rings (SSSR count). The molecule has 9 heteroatoms. The van der Waals surface area contributed by atoms with Gasteiger partial charge in [-0.3, -0.25) is 0 Å². The second kappa shape index (κ2) is 13.5. The Hall–Kier alpha value is -3.76. The van der Waals surface area contributed by atoms with Gasteiger partial charge in [0.2, 0.25) is 0 Å². The van der Waals surface area contributed by atoms with Crippen LogP contribution >= 0.6 is 11.8 Å². The highest BCUT2D eigenvalue weighted by molar-refractivity contribution is 7.99. The third kappa shape index (κ3) is 7.25. The molecule has 3 N–H and O–H groups in total. The summed E-state index contributed by atoms with van der Waals surface area (Å²) in [6.45, 7) is 2.54. The van der Waals surface area contributed by atoms with E-state index in [2.05, 4.69) is 27.5 Å². The Morgan fingerprint density at radius 3 is 2.42 bits per heavy atom. The smallest absolute Gasteiger partial charge is 0.319 e. The van der Waals surface area contributed by atoms with E-state index in [9.17, 15) is 9.90 Å². The molecule has 8 nitrogen and oxygen atoms in total. The number of nitrogens with zero attached hydrogens (tertiary/aromatic N) is 2. The average molecular weight is 557 g/mol. The van der Waals surface area contributed by atoms with Crippen molar-refractivity contribution in [1.29, 1.82) is 0 Å². The van der Waals surface area contributed by atoms with Gasteiger partial charge in [-0.25, -0.2) is 14.8 Å². The molecule has 0 spiro atoms. The van der Waals surface area contributed by atoms with Crippen LogP contribution in [0.25, 0.3) is 0 Å². The van der Waals surface area contributed by atoms with Crippen LogP contribution in [0.3, 0.4) is 0 Å². The number of thioether (sulfide) groups is 1. The number of amides is 2. The molecule has 1 saturated heterocycles. The molecule has 2 amide bonds. The van der Waals surface area contributed by atoms with Crippen molar-refractivity contribution < 1.29 is 19.4 Å². The molecule has 206 valence electrons. The zero-order valence-corrected chi connectivity index (χ0v) is 23.0. The fourth-order valence-electron chi connectivity index (χ4n) is 4.54. The number of hydrogen-bond acceptors (Lipinski definition) is 7. The molecule has 1 aromatic heterocycles. The molecule has 1 fully saturated rings. The Morgan fingerprint density at radius 2 is 1.68 bits per heavy atom. The molecule has 4 atom stereocenters. The van der Waals surface area contributed by atoms with E-state index in [1.54, 1.807) is 30.2 Å². The Balaban J connectivity index is 1.32. The van der Waals surface area contributed by atoms with Crippen LogP contribution in [0.1, 0.15) is 41.6 Å². The fraction of sp³-hybridized carbons (Fsp3) is 0.258. The van der Waals surface area contributed by atoms with E-state index in [4.69, 9.17) is 9.47 Å². The van der Waals surface area contributed by atoms with Gasteiger partial charge in [-0.2, -0.15) is 0 Å². The number of aliphatic hydroxyl groups is 1. The number of anilines is 1. The number of benzene rings is 3. The number of carbonyl (C=O) groups excluding carboxylic acids is 1. The van der Waals surface area contributed by atoms with Crippen molar-refractivity contribution in [2.24, 2.45) is 5.92 Å². The van der Waals surface area contributed by atoms with Crippen molar-refractivity contribution in [2.45, 2.75) is 43.7 Å². The second-order valence-corrected chi connectivity index (χ2v) is 10.6. The summed E-state index contributed by atoms with van der Waals surface area (Å²) in [4.78, 5) is 21.2. The highest BCUT2D eigenvalue weighted by atomic mass is 32.2. The number of carbonyl (C=O) groups is 1. The van der Waals surface area contributed by atoms with Crippen LogP contribution in [0.5, 0.6) is 0 Å². The zero-order chi connectivity index (χ0) is 27.7. The van der Waals surface area contributed by atoms with E-state index in [0.717, 1.165) is 22.3 Å². The minimum absolute atomic E-state index is 0.0118. The number of rotatable bonds is 9. The molecule has 0 radical (unpaired) electrons. The zero-order valence-electron chi connectivity index (χ0n) is 22.1. The van der Waals surface area contributed by atoms with Gasteiger partial charge in [0.25, 0.3) is 0 Å². The molecular formula is C31H32N4O4S. The van der Waals surface area contributed by atoms with Gasteiger partial charge in [0, 0.05) is 41.9 Å². The van der Waals surface area contributed by atoms with Crippen LogP contribution in [0.4, 0.5) is 10.5 Å². The summed E-state index contributed by atoms with van der Waals surface area (Å²) in [5.41, 5.74) is 4.32. The maximum atomic E-state index is 12.6. The standard InChI is InChI=1S/C31H32N4O4S/c1-21-27(20-40-31-32-15-6-16-33-31)38-29(39-28(21)24-13-11-23(19-36)12-14-24)25-9-5-10-26(17-25)35-30(37)34-18-22-7-3-2-4-8-22/h2-17,21,27-29,36H,18-20H2,1H3,(H2,34,35,37)/t21-,27+,28+,29+/m1/s1. The van der Waals surface area contributed by atoms with E-state index < -0.39 is 6.29 Å². The van der Waals surface area contributed by atoms with Crippen molar-refractivity contribution in [3.63, 3.8) is 0 Å². The summed E-state index contributed by atoms with van der Waals surface area (Å²) in [5.74, 6) is 0.688. The number of urea groups is 1. The molecule has 0 bridgehead atoms. The maximum Gasteiger partial charge on any atom is 0.319 e. The normalized spacial score (nSPS) is 20.6. The van der Waals surface area contributed by atoms with Gasteiger partial charge >= 0.3 is 6.03 Å². The quantitative estimate of drug-likeness (QED) is 0.175. The first-order valence-corrected chi connectivity index (χ1v) is 14.2. The van der Waals surface area contributed by atoms with Crippen molar-refractivity contribution in [3.05, 3.63) is 120 Å². The third-order valence-corrected chi connectivity index (χ3v) is 7.72. The Kier molecular flexibility index (Phi) is 9.41. The Bertz CT molecular complexity index is 1380. The van der Waals surface area contributed by atoms with Crippen LogP contribution in [0.2, 0.25) is 0 Å². The van der Waals surface area contributed by atoms with E-state index >= 15 is 0 Å². The highest BCUT2D eigenvalue weighted by Crippen LogP contribution is 2.43. The van der Waals surface area contributed by atoms with Crippen molar-refractivity contribution in [2.75, 3.05) is 11.1 Å². The van der Waals surface area contributed by atoms with Gasteiger partial charge < -0.3 is 25.2 Å². The van der Waals surface area contributed by atoms with Gasteiger partial charge in [0.15, 0.2) is 11.4 Å². The van der Waals surface area contributed by atoms with Crippen LogP contribution in [-0.4, -0.2) is 33.0 Å². The lowest BCUT2D eigenvalue weighted by Gasteiger charge is -2.41.